The lowest BCUT2D eigenvalue weighted by molar-refractivity contribution is -0.0162. The van der Waals surface area contributed by atoms with Crippen molar-refractivity contribution in [2.45, 2.75) is 70.5 Å². The first-order chi connectivity index (χ1) is 9.99. The summed E-state index contributed by atoms with van der Waals surface area (Å²) >= 11 is 0. The number of nitrogens with zero attached hydrogens (tertiary/aromatic N) is 2. The molecule has 1 aromatic rings. The summed E-state index contributed by atoms with van der Waals surface area (Å²) in [6, 6.07) is 2.29. The lowest BCUT2D eigenvalue weighted by Gasteiger charge is -2.54. The molecular weight excluding hydrogens is 258 g/mol. The van der Waals surface area contributed by atoms with Gasteiger partial charge in [-0.3, -0.25) is 9.88 Å². The smallest absolute Gasteiger partial charge is 0.0338 e. The quantitative estimate of drug-likeness (QED) is 0.905. The van der Waals surface area contributed by atoms with Gasteiger partial charge in [0.25, 0.3) is 0 Å². The number of rotatable bonds is 2. The molecule has 0 amide bonds. The minimum Gasteiger partial charge on any atom is -0.309 e. The molecule has 3 rings (SSSR count). The predicted molar refractivity (Wildman–Crippen MR) is 87.3 cm³/mol. The van der Waals surface area contributed by atoms with Crippen LogP contribution in [-0.2, 0) is 6.54 Å². The van der Waals surface area contributed by atoms with Crippen LogP contribution < -0.4 is 5.32 Å². The number of pyridine rings is 1. The van der Waals surface area contributed by atoms with Gasteiger partial charge in [0.05, 0.1) is 0 Å². The van der Waals surface area contributed by atoms with Crippen LogP contribution in [0.3, 0.4) is 0 Å². The van der Waals surface area contributed by atoms with Crippen LogP contribution in [0.4, 0.5) is 0 Å². The van der Waals surface area contributed by atoms with E-state index >= 15 is 0 Å². The molecule has 1 spiro atoms. The highest BCUT2D eigenvalue weighted by Gasteiger charge is 2.44. The van der Waals surface area contributed by atoms with Gasteiger partial charge in [0.15, 0.2) is 0 Å². The first kappa shape index (κ1) is 15.0. The number of hydrogen-bond donors (Lipinski definition) is 1. The van der Waals surface area contributed by atoms with E-state index < -0.39 is 0 Å². The van der Waals surface area contributed by atoms with E-state index in [1.54, 1.807) is 0 Å². The first-order valence-electron chi connectivity index (χ1n) is 8.40. The highest BCUT2D eigenvalue weighted by molar-refractivity contribution is 5.18. The van der Waals surface area contributed by atoms with Crippen molar-refractivity contribution in [2.75, 3.05) is 13.1 Å². The fourth-order valence-corrected chi connectivity index (χ4v) is 4.07. The van der Waals surface area contributed by atoms with E-state index in [1.165, 1.54) is 43.2 Å². The van der Waals surface area contributed by atoms with E-state index in [-0.39, 0.29) is 5.54 Å². The van der Waals surface area contributed by atoms with Crippen molar-refractivity contribution < 1.29 is 0 Å². The van der Waals surface area contributed by atoms with Crippen molar-refractivity contribution >= 4 is 0 Å². The third kappa shape index (κ3) is 3.29. The van der Waals surface area contributed by atoms with Gasteiger partial charge >= 0.3 is 0 Å². The Bertz CT molecular complexity index is 489. The second kappa shape index (κ2) is 5.69. The van der Waals surface area contributed by atoms with E-state index in [0.717, 1.165) is 19.6 Å². The summed E-state index contributed by atoms with van der Waals surface area (Å²) in [6.45, 7) is 10.1. The third-order valence-corrected chi connectivity index (χ3v) is 5.24. The molecule has 1 saturated heterocycles. The summed E-state index contributed by atoms with van der Waals surface area (Å²) < 4.78 is 0. The molecule has 1 aliphatic heterocycles. The normalized spacial score (nSPS) is 25.1. The van der Waals surface area contributed by atoms with Gasteiger partial charge in [-0.1, -0.05) is 25.3 Å². The summed E-state index contributed by atoms with van der Waals surface area (Å²) in [5.41, 5.74) is 3.20. The molecule has 0 bridgehead atoms. The molecule has 0 radical (unpaired) electrons. The Morgan fingerprint density at radius 3 is 2.67 bits per heavy atom. The monoisotopic (exact) mass is 287 g/mol. The number of aromatic nitrogens is 1. The third-order valence-electron chi connectivity index (χ3n) is 5.24. The Kier molecular flexibility index (Phi) is 4.06. The van der Waals surface area contributed by atoms with Gasteiger partial charge in [0, 0.05) is 43.1 Å². The second-order valence-corrected chi connectivity index (χ2v) is 7.75. The minimum absolute atomic E-state index is 0.208. The number of nitrogens with one attached hydrogen (secondary N) is 1. The van der Waals surface area contributed by atoms with Gasteiger partial charge in [-0.2, -0.15) is 0 Å². The van der Waals surface area contributed by atoms with E-state index in [2.05, 4.69) is 42.0 Å². The van der Waals surface area contributed by atoms with Crippen LogP contribution in [0.2, 0.25) is 0 Å². The van der Waals surface area contributed by atoms with Gasteiger partial charge in [-0.25, -0.2) is 0 Å². The van der Waals surface area contributed by atoms with Crippen LogP contribution in [-0.4, -0.2) is 34.1 Å². The number of piperazine rings is 1. The van der Waals surface area contributed by atoms with Gasteiger partial charge in [0.2, 0.25) is 0 Å². The molecule has 0 aromatic carbocycles. The molecule has 0 unspecified atom stereocenters. The molecule has 1 aromatic heterocycles. The summed E-state index contributed by atoms with van der Waals surface area (Å²) in [4.78, 5) is 7.13. The van der Waals surface area contributed by atoms with Gasteiger partial charge in [-0.05, 0) is 44.7 Å². The van der Waals surface area contributed by atoms with Crippen LogP contribution in [0.25, 0.3) is 0 Å². The van der Waals surface area contributed by atoms with Crippen LogP contribution >= 0.6 is 0 Å². The molecule has 116 valence electrons. The minimum atomic E-state index is 0.208. The predicted octanol–water partition coefficient (Wildman–Crippen LogP) is 3.28. The van der Waals surface area contributed by atoms with Crippen molar-refractivity contribution in [1.82, 2.24) is 15.2 Å². The summed E-state index contributed by atoms with van der Waals surface area (Å²) in [6.07, 6.45) is 10.8. The Labute approximate surface area is 129 Å². The zero-order valence-corrected chi connectivity index (χ0v) is 13.8. The Morgan fingerprint density at radius 2 is 1.95 bits per heavy atom. The standard InChI is InChI=1S/C18H29N3/c1-15-9-16(11-19-10-15)12-21-14-17(2,3)20-13-18(21)7-5-4-6-8-18/h9-11,20H,4-8,12-14H2,1-3H3. The Morgan fingerprint density at radius 1 is 1.19 bits per heavy atom. The van der Waals surface area contributed by atoms with Crippen molar-refractivity contribution in [3.05, 3.63) is 29.6 Å². The molecule has 3 heteroatoms. The molecular formula is C18H29N3. The second-order valence-electron chi connectivity index (χ2n) is 7.75. The van der Waals surface area contributed by atoms with Gasteiger partial charge in [-0.15, -0.1) is 0 Å². The fraction of sp³-hybridized carbons (Fsp3) is 0.722. The number of aryl methyl sites for hydroxylation is 1. The highest BCUT2D eigenvalue weighted by Crippen LogP contribution is 2.37. The van der Waals surface area contributed by atoms with Gasteiger partial charge < -0.3 is 5.32 Å². The Hall–Kier alpha value is -0.930. The SMILES string of the molecule is Cc1cncc(CN2CC(C)(C)NCC23CCCCC3)c1. The molecule has 1 N–H and O–H groups in total. The molecule has 21 heavy (non-hydrogen) atoms. The van der Waals surface area contributed by atoms with Crippen LogP contribution in [0.5, 0.6) is 0 Å². The first-order valence-corrected chi connectivity index (χ1v) is 8.40. The highest BCUT2D eigenvalue weighted by atomic mass is 15.3. The fourth-order valence-electron chi connectivity index (χ4n) is 4.07. The van der Waals surface area contributed by atoms with Crippen molar-refractivity contribution in [2.24, 2.45) is 0 Å². The molecule has 3 nitrogen and oxygen atoms in total. The maximum atomic E-state index is 4.38. The van der Waals surface area contributed by atoms with Crippen molar-refractivity contribution in [3.63, 3.8) is 0 Å². The average molecular weight is 287 g/mol. The van der Waals surface area contributed by atoms with E-state index in [9.17, 15) is 0 Å². The molecule has 1 aliphatic carbocycles. The topological polar surface area (TPSA) is 28.2 Å². The average Bonchev–Trinajstić information content (AvgIpc) is 2.44. The van der Waals surface area contributed by atoms with E-state index in [1.807, 2.05) is 12.4 Å². The lowest BCUT2D eigenvalue weighted by Crippen LogP contribution is -2.68. The van der Waals surface area contributed by atoms with Crippen LogP contribution in [0, 0.1) is 6.92 Å². The van der Waals surface area contributed by atoms with Crippen molar-refractivity contribution in [1.29, 1.82) is 0 Å². The molecule has 2 heterocycles. The van der Waals surface area contributed by atoms with Gasteiger partial charge in [0.1, 0.15) is 0 Å². The zero-order chi connectivity index (χ0) is 14.9. The maximum absolute atomic E-state index is 4.38. The molecule has 2 aliphatic rings. The summed E-state index contributed by atoms with van der Waals surface area (Å²) in [5, 5.41) is 3.79. The summed E-state index contributed by atoms with van der Waals surface area (Å²) in [5.74, 6) is 0. The molecule has 2 fully saturated rings. The molecule has 1 saturated carbocycles. The summed E-state index contributed by atoms with van der Waals surface area (Å²) in [7, 11) is 0. The van der Waals surface area contributed by atoms with Crippen LogP contribution in [0.15, 0.2) is 18.5 Å². The zero-order valence-electron chi connectivity index (χ0n) is 13.8. The van der Waals surface area contributed by atoms with E-state index in [4.69, 9.17) is 0 Å². The Balaban J connectivity index is 1.83. The molecule has 0 atom stereocenters. The van der Waals surface area contributed by atoms with Crippen LogP contribution in [0.1, 0.15) is 57.1 Å². The lowest BCUT2D eigenvalue weighted by atomic mass is 9.76. The number of hydrogen-bond acceptors (Lipinski definition) is 3. The largest absolute Gasteiger partial charge is 0.309 e. The van der Waals surface area contributed by atoms with Crippen molar-refractivity contribution in [3.8, 4) is 0 Å². The van der Waals surface area contributed by atoms with E-state index in [0.29, 0.717) is 5.54 Å². The maximum Gasteiger partial charge on any atom is 0.0338 e.